The van der Waals surface area contributed by atoms with Crippen LogP contribution in [0.3, 0.4) is 0 Å². The highest BCUT2D eigenvalue weighted by molar-refractivity contribution is 5.31. The second kappa shape index (κ2) is 4.49. The second-order valence-electron chi connectivity index (χ2n) is 3.71. The lowest BCUT2D eigenvalue weighted by Gasteiger charge is -2.15. The molecule has 2 nitrogen and oxygen atoms in total. The van der Waals surface area contributed by atoms with Gasteiger partial charge in [-0.05, 0) is 31.7 Å². The molecule has 0 saturated carbocycles. The van der Waals surface area contributed by atoms with Crippen molar-refractivity contribution in [3.8, 4) is 0 Å². The minimum atomic E-state index is -0.240. The number of furan rings is 1. The first kappa shape index (κ1) is 10.9. The topological polar surface area (TPSA) is 25.2 Å². The van der Waals surface area contributed by atoms with E-state index >= 15 is 0 Å². The Labute approximate surface area is 94.1 Å². The van der Waals surface area contributed by atoms with E-state index in [1.165, 1.54) is 6.07 Å². The van der Waals surface area contributed by atoms with Crippen LogP contribution in [0.2, 0.25) is 0 Å². The van der Waals surface area contributed by atoms with E-state index in [-0.39, 0.29) is 11.9 Å². The van der Waals surface area contributed by atoms with Crippen molar-refractivity contribution in [1.82, 2.24) is 5.32 Å². The molecule has 0 aliphatic heterocycles. The van der Waals surface area contributed by atoms with Crippen molar-refractivity contribution in [3.63, 3.8) is 0 Å². The number of hydrogen-bond acceptors (Lipinski definition) is 2. The van der Waals surface area contributed by atoms with Gasteiger partial charge < -0.3 is 9.73 Å². The lowest BCUT2D eigenvalue weighted by atomic mass is 10.0. The SMILES string of the molecule is CNC(c1ccccc1F)c1occc1C. The van der Waals surface area contributed by atoms with Crippen molar-refractivity contribution in [3.05, 3.63) is 59.3 Å². The van der Waals surface area contributed by atoms with Gasteiger partial charge in [-0.25, -0.2) is 4.39 Å². The van der Waals surface area contributed by atoms with Crippen molar-refractivity contribution < 1.29 is 8.81 Å². The Kier molecular flexibility index (Phi) is 3.06. The van der Waals surface area contributed by atoms with Gasteiger partial charge in [0.25, 0.3) is 0 Å². The molecule has 1 heterocycles. The van der Waals surface area contributed by atoms with Crippen LogP contribution in [-0.2, 0) is 0 Å². The van der Waals surface area contributed by atoms with E-state index in [0.717, 1.165) is 11.3 Å². The molecule has 1 aromatic heterocycles. The predicted octanol–water partition coefficient (Wildman–Crippen LogP) is 3.04. The monoisotopic (exact) mass is 219 g/mol. The Balaban J connectivity index is 2.45. The van der Waals surface area contributed by atoms with Crippen molar-refractivity contribution in [2.75, 3.05) is 7.05 Å². The molecule has 84 valence electrons. The molecule has 1 atom stereocenters. The van der Waals surface area contributed by atoms with Crippen molar-refractivity contribution in [2.24, 2.45) is 0 Å². The summed E-state index contributed by atoms with van der Waals surface area (Å²) >= 11 is 0. The second-order valence-corrected chi connectivity index (χ2v) is 3.71. The summed E-state index contributed by atoms with van der Waals surface area (Å²) in [6.45, 7) is 1.95. The molecule has 1 aromatic carbocycles. The van der Waals surface area contributed by atoms with Gasteiger partial charge >= 0.3 is 0 Å². The van der Waals surface area contributed by atoms with Crippen LogP contribution in [0, 0.1) is 12.7 Å². The molecule has 0 aliphatic rings. The fraction of sp³-hybridized carbons (Fsp3) is 0.231. The molecule has 0 fully saturated rings. The average molecular weight is 219 g/mol. The van der Waals surface area contributed by atoms with E-state index < -0.39 is 0 Å². The van der Waals surface area contributed by atoms with Gasteiger partial charge in [-0.1, -0.05) is 18.2 Å². The number of hydrogen-bond donors (Lipinski definition) is 1. The summed E-state index contributed by atoms with van der Waals surface area (Å²) in [6, 6.07) is 8.36. The summed E-state index contributed by atoms with van der Waals surface area (Å²) in [7, 11) is 1.79. The van der Waals surface area contributed by atoms with Gasteiger partial charge in [0.15, 0.2) is 0 Å². The van der Waals surface area contributed by atoms with Crippen LogP contribution in [0.25, 0.3) is 0 Å². The highest BCUT2D eigenvalue weighted by Gasteiger charge is 2.20. The molecule has 0 saturated heterocycles. The quantitative estimate of drug-likeness (QED) is 0.858. The zero-order chi connectivity index (χ0) is 11.5. The molecule has 0 amide bonds. The molecule has 0 radical (unpaired) electrons. The molecule has 0 bridgehead atoms. The zero-order valence-corrected chi connectivity index (χ0v) is 9.33. The highest BCUT2D eigenvalue weighted by atomic mass is 19.1. The first-order chi connectivity index (χ1) is 7.74. The fourth-order valence-corrected chi connectivity index (χ4v) is 1.82. The lowest BCUT2D eigenvalue weighted by Crippen LogP contribution is -2.19. The van der Waals surface area contributed by atoms with E-state index in [2.05, 4.69) is 5.32 Å². The van der Waals surface area contributed by atoms with Gasteiger partial charge in [0, 0.05) is 5.56 Å². The lowest BCUT2D eigenvalue weighted by molar-refractivity contribution is 0.450. The molecule has 1 unspecified atom stereocenters. The number of rotatable bonds is 3. The number of nitrogens with one attached hydrogen (secondary N) is 1. The van der Waals surface area contributed by atoms with E-state index in [0.29, 0.717) is 5.56 Å². The minimum Gasteiger partial charge on any atom is -0.467 e. The first-order valence-corrected chi connectivity index (χ1v) is 5.19. The normalized spacial score (nSPS) is 12.7. The molecule has 2 rings (SSSR count). The maximum Gasteiger partial charge on any atom is 0.128 e. The van der Waals surface area contributed by atoms with E-state index in [1.54, 1.807) is 25.4 Å². The number of aryl methyl sites for hydroxylation is 1. The maximum absolute atomic E-state index is 13.7. The van der Waals surface area contributed by atoms with Gasteiger partial charge in [0.2, 0.25) is 0 Å². The summed E-state index contributed by atoms with van der Waals surface area (Å²) in [4.78, 5) is 0. The van der Waals surface area contributed by atoms with E-state index in [4.69, 9.17) is 4.42 Å². The molecule has 16 heavy (non-hydrogen) atoms. The van der Waals surface area contributed by atoms with E-state index in [1.807, 2.05) is 19.1 Å². The number of benzene rings is 1. The summed E-state index contributed by atoms with van der Waals surface area (Å²) in [5.41, 5.74) is 1.62. The molecular formula is C13H14FNO. The van der Waals surface area contributed by atoms with Crippen LogP contribution in [0.4, 0.5) is 4.39 Å². The van der Waals surface area contributed by atoms with Gasteiger partial charge in [-0.15, -0.1) is 0 Å². The van der Waals surface area contributed by atoms with Crippen LogP contribution in [0.15, 0.2) is 41.0 Å². The van der Waals surface area contributed by atoms with Crippen LogP contribution in [0.5, 0.6) is 0 Å². The largest absolute Gasteiger partial charge is 0.467 e. The Morgan fingerprint density at radius 2 is 2.00 bits per heavy atom. The fourth-order valence-electron chi connectivity index (χ4n) is 1.82. The summed E-state index contributed by atoms with van der Waals surface area (Å²) in [6.07, 6.45) is 1.62. The van der Waals surface area contributed by atoms with Crippen LogP contribution in [0.1, 0.15) is 22.9 Å². The molecule has 0 aliphatic carbocycles. The minimum absolute atomic E-state index is 0.224. The Morgan fingerprint density at radius 1 is 1.25 bits per heavy atom. The van der Waals surface area contributed by atoms with E-state index in [9.17, 15) is 4.39 Å². The predicted molar refractivity (Wildman–Crippen MR) is 60.7 cm³/mol. The third kappa shape index (κ3) is 1.86. The molecule has 3 heteroatoms. The summed E-state index contributed by atoms with van der Waals surface area (Å²) in [5, 5.41) is 3.07. The Morgan fingerprint density at radius 3 is 2.56 bits per heavy atom. The molecule has 0 spiro atoms. The van der Waals surface area contributed by atoms with Gasteiger partial charge in [0.05, 0.1) is 12.3 Å². The smallest absolute Gasteiger partial charge is 0.128 e. The third-order valence-electron chi connectivity index (χ3n) is 2.67. The highest BCUT2D eigenvalue weighted by Crippen LogP contribution is 2.26. The van der Waals surface area contributed by atoms with Crippen molar-refractivity contribution >= 4 is 0 Å². The molecule has 2 aromatic rings. The third-order valence-corrected chi connectivity index (χ3v) is 2.67. The molecular weight excluding hydrogens is 205 g/mol. The Bertz CT molecular complexity index is 478. The maximum atomic E-state index is 13.7. The summed E-state index contributed by atoms with van der Waals surface area (Å²) in [5.74, 6) is 0.533. The first-order valence-electron chi connectivity index (χ1n) is 5.19. The zero-order valence-electron chi connectivity index (χ0n) is 9.33. The van der Waals surface area contributed by atoms with Gasteiger partial charge in [-0.2, -0.15) is 0 Å². The van der Waals surface area contributed by atoms with Crippen molar-refractivity contribution in [1.29, 1.82) is 0 Å². The standard InChI is InChI=1S/C13H14FNO/c1-9-7-8-16-13(9)12(15-2)10-5-3-4-6-11(10)14/h3-8,12,15H,1-2H3. The average Bonchev–Trinajstić information content (AvgIpc) is 2.69. The Hall–Kier alpha value is -1.61. The van der Waals surface area contributed by atoms with Crippen molar-refractivity contribution in [2.45, 2.75) is 13.0 Å². The van der Waals surface area contributed by atoms with Crippen LogP contribution >= 0.6 is 0 Å². The number of halogens is 1. The summed E-state index contributed by atoms with van der Waals surface area (Å²) < 4.78 is 19.1. The van der Waals surface area contributed by atoms with Crippen LogP contribution < -0.4 is 5.32 Å². The van der Waals surface area contributed by atoms with Gasteiger partial charge in [0.1, 0.15) is 11.6 Å². The molecule has 1 N–H and O–H groups in total. The van der Waals surface area contributed by atoms with Crippen LogP contribution in [-0.4, -0.2) is 7.05 Å². The van der Waals surface area contributed by atoms with Gasteiger partial charge in [-0.3, -0.25) is 0 Å².